The predicted octanol–water partition coefficient (Wildman–Crippen LogP) is 1.84. The van der Waals surface area contributed by atoms with Crippen LogP contribution in [0.3, 0.4) is 0 Å². The summed E-state index contributed by atoms with van der Waals surface area (Å²) in [6.45, 7) is 5.31. The summed E-state index contributed by atoms with van der Waals surface area (Å²) >= 11 is 0. The molecule has 0 spiro atoms. The number of esters is 1. The fraction of sp³-hybridized carbons (Fsp3) is 0.533. The predicted molar refractivity (Wildman–Crippen MR) is 72.7 cm³/mol. The summed E-state index contributed by atoms with van der Waals surface area (Å²) in [5, 5.41) is 0. The van der Waals surface area contributed by atoms with Gasteiger partial charge >= 0.3 is 5.97 Å². The van der Waals surface area contributed by atoms with Crippen molar-refractivity contribution in [3.05, 3.63) is 35.9 Å². The molecule has 1 atom stereocenters. The van der Waals surface area contributed by atoms with E-state index in [4.69, 9.17) is 9.47 Å². The lowest BCUT2D eigenvalue weighted by Crippen LogP contribution is -2.46. The summed E-state index contributed by atoms with van der Waals surface area (Å²) in [6.07, 6.45) is 0.403. The van der Waals surface area contributed by atoms with E-state index in [1.54, 1.807) is 0 Å². The number of benzene rings is 1. The Balaban J connectivity index is 1.94. The molecule has 0 saturated carbocycles. The van der Waals surface area contributed by atoms with Crippen LogP contribution in [-0.2, 0) is 20.8 Å². The van der Waals surface area contributed by atoms with Gasteiger partial charge in [0.15, 0.2) is 0 Å². The summed E-state index contributed by atoms with van der Waals surface area (Å²) in [5.74, 6) is -0.143. The topological polar surface area (TPSA) is 38.8 Å². The lowest BCUT2D eigenvalue weighted by Gasteiger charge is -2.35. The molecule has 4 nitrogen and oxygen atoms in total. The third-order valence-electron chi connectivity index (χ3n) is 3.29. The average molecular weight is 263 g/mol. The van der Waals surface area contributed by atoms with Crippen LogP contribution in [-0.4, -0.2) is 43.3 Å². The molecule has 0 bridgehead atoms. The van der Waals surface area contributed by atoms with E-state index in [1.165, 1.54) is 5.56 Å². The first-order valence-corrected chi connectivity index (χ1v) is 6.81. The van der Waals surface area contributed by atoms with Gasteiger partial charge in [0.25, 0.3) is 0 Å². The number of rotatable bonds is 5. The van der Waals surface area contributed by atoms with Crippen LogP contribution in [0.2, 0.25) is 0 Å². The van der Waals surface area contributed by atoms with Crippen molar-refractivity contribution in [2.75, 3.05) is 26.4 Å². The Morgan fingerprint density at radius 1 is 1.42 bits per heavy atom. The minimum Gasteiger partial charge on any atom is -0.466 e. The molecule has 1 fully saturated rings. The number of nitrogens with zero attached hydrogens (tertiary/aromatic N) is 1. The van der Waals surface area contributed by atoms with Gasteiger partial charge in [-0.2, -0.15) is 0 Å². The molecule has 4 heteroatoms. The molecule has 0 amide bonds. The Morgan fingerprint density at radius 2 is 2.21 bits per heavy atom. The highest BCUT2D eigenvalue weighted by Crippen LogP contribution is 2.15. The van der Waals surface area contributed by atoms with Crippen LogP contribution >= 0.6 is 0 Å². The van der Waals surface area contributed by atoms with E-state index >= 15 is 0 Å². The zero-order valence-electron chi connectivity index (χ0n) is 11.4. The quantitative estimate of drug-likeness (QED) is 0.760. The van der Waals surface area contributed by atoms with E-state index < -0.39 is 0 Å². The largest absolute Gasteiger partial charge is 0.466 e. The molecule has 0 unspecified atom stereocenters. The zero-order valence-corrected chi connectivity index (χ0v) is 11.4. The summed E-state index contributed by atoms with van der Waals surface area (Å²) in [6, 6.07) is 10.4. The standard InChI is InChI=1S/C15H21NO3/c1-2-19-15(17)10-14-12-18-9-8-16(14)11-13-6-4-3-5-7-13/h3-7,14H,2,8-12H2,1H3/t14-/m0/s1. The Hall–Kier alpha value is -1.39. The van der Waals surface area contributed by atoms with Crippen LogP contribution in [0.15, 0.2) is 30.3 Å². The molecule has 1 heterocycles. The van der Waals surface area contributed by atoms with Crippen molar-refractivity contribution in [1.82, 2.24) is 4.90 Å². The average Bonchev–Trinajstić information content (AvgIpc) is 2.42. The monoisotopic (exact) mass is 263 g/mol. The highest BCUT2D eigenvalue weighted by Gasteiger charge is 2.25. The highest BCUT2D eigenvalue weighted by molar-refractivity contribution is 5.70. The van der Waals surface area contributed by atoms with Crippen LogP contribution in [0.4, 0.5) is 0 Å². The minimum atomic E-state index is -0.143. The van der Waals surface area contributed by atoms with Gasteiger partial charge in [-0.25, -0.2) is 0 Å². The zero-order chi connectivity index (χ0) is 13.5. The highest BCUT2D eigenvalue weighted by atomic mass is 16.5. The molecule has 0 aliphatic carbocycles. The molecular weight excluding hydrogens is 242 g/mol. The van der Waals surface area contributed by atoms with Crippen LogP contribution in [0.1, 0.15) is 18.9 Å². The summed E-state index contributed by atoms with van der Waals surface area (Å²) in [5.41, 5.74) is 1.26. The SMILES string of the molecule is CCOC(=O)C[C@H]1COCCN1Cc1ccccc1. The molecule has 1 aliphatic rings. The minimum absolute atomic E-state index is 0.119. The Kier molecular flexibility index (Phi) is 5.36. The van der Waals surface area contributed by atoms with Crippen molar-refractivity contribution in [3.8, 4) is 0 Å². The Morgan fingerprint density at radius 3 is 2.95 bits per heavy atom. The number of hydrogen-bond donors (Lipinski definition) is 0. The molecule has 1 aliphatic heterocycles. The summed E-state index contributed by atoms with van der Waals surface area (Å²) in [4.78, 5) is 13.9. The van der Waals surface area contributed by atoms with Crippen molar-refractivity contribution in [2.24, 2.45) is 0 Å². The summed E-state index contributed by atoms with van der Waals surface area (Å²) in [7, 11) is 0. The van der Waals surface area contributed by atoms with Crippen molar-refractivity contribution < 1.29 is 14.3 Å². The van der Waals surface area contributed by atoms with Crippen molar-refractivity contribution >= 4 is 5.97 Å². The van der Waals surface area contributed by atoms with Gasteiger partial charge in [0.2, 0.25) is 0 Å². The molecule has 1 aromatic carbocycles. The van der Waals surface area contributed by atoms with Crippen molar-refractivity contribution in [3.63, 3.8) is 0 Å². The van der Waals surface area contributed by atoms with E-state index in [0.717, 1.165) is 19.7 Å². The first-order chi connectivity index (χ1) is 9.29. The van der Waals surface area contributed by atoms with E-state index in [-0.39, 0.29) is 12.0 Å². The number of carbonyl (C=O) groups is 1. The normalized spacial score (nSPS) is 20.2. The number of ether oxygens (including phenoxy) is 2. The van der Waals surface area contributed by atoms with Gasteiger partial charge in [-0.3, -0.25) is 9.69 Å². The lowest BCUT2D eigenvalue weighted by molar-refractivity contribution is -0.146. The van der Waals surface area contributed by atoms with Gasteiger partial charge in [-0.15, -0.1) is 0 Å². The summed E-state index contributed by atoms with van der Waals surface area (Å²) < 4.78 is 10.5. The molecule has 1 saturated heterocycles. The van der Waals surface area contributed by atoms with Crippen LogP contribution in [0, 0.1) is 0 Å². The van der Waals surface area contributed by atoms with Crippen LogP contribution in [0.5, 0.6) is 0 Å². The fourth-order valence-electron chi connectivity index (χ4n) is 2.32. The Labute approximate surface area is 114 Å². The number of morpholine rings is 1. The maximum atomic E-state index is 11.6. The second kappa shape index (κ2) is 7.26. The van der Waals surface area contributed by atoms with Crippen molar-refractivity contribution in [2.45, 2.75) is 25.9 Å². The third kappa shape index (κ3) is 4.33. The number of hydrogen-bond acceptors (Lipinski definition) is 4. The molecular formula is C15H21NO3. The first-order valence-electron chi connectivity index (χ1n) is 6.81. The van der Waals surface area contributed by atoms with Gasteiger partial charge < -0.3 is 9.47 Å². The molecule has 0 aromatic heterocycles. The van der Waals surface area contributed by atoms with Crippen LogP contribution < -0.4 is 0 Å². The molecule has 104 valence electrons. The van der Waals surface area contributed by atoms with Gasteiger partial charge in [-0.1, -0.05) is 30.3 Å². The lowest BCUT2D eigenvalue weighted by atomic mass is 10.1. The molecule has 0 N–H and O–H groups in total. The molecule has 0 radical (unpaired) electrons. The molecule has 19 heavy (non-hydrogen) atoms. The van der Waals surface area contributed by atoms with E-state index in [9.17, 15) is 4.79 Å². The molecule has 2 rings (SSSR count). The smallest absolute Gasteiger partial charge is 0.307 e. The maximum Gasteiger partial charge on any atom is 0.307 e. The number of carbonyl (C=O) groups excluding carboxylic acids is 1. The first kappa shape index (κ1) is 14.0. The maximum absolute atomic E-state index is 11.6. The van der Waals surface area contributed by atoms with E-state index in [2.05, 4.69) is 17.0 Å². The van der Waals surface area contributed by atoms with E-state index in [0.29, 0.717) is 19.6 Å². The van der Waals surface area contributed by atoms with E-state index in [1.807, 2.05) is 25.1 Å². The van der Waals surface area contributed by atoms with Crippen molar-refractivity contribution in [1.29, 1.82) is 0 Å². The van der Waals surface area contributed by atoms with Gasteiger partial charge in [-0.05, 0) is 12.5 Å². The van der Waals surface area contributed by atoms with Crippen LogP contribution in [0.25, 0.3) is 0 Å². The van der Waals surface area contributed by atoms with Gasteiger partial charge in [0.1, 0.15) is 0 Å². The van der Waals surface area contributed by atoms with Gasteiger partial charge in [0, 0.05) is 19.1 Å². The second-order valence-corrected chi connectivity index (χ2v) is 4.69. The molecule has 1 aromatic rings. The Bertz CT molecular complexity index is 394. The fourth-order valence-corrected chi connectivity index (χ4v) is 2.32. The second-order valence-electron chi connectivity index (χ2n) is 4.69. The third-order valence-corrected chi connectivity index (χ3v) is 3.29. The van der Waals surface area contributed by atoms with Gasteiger partial charge in [0.05, 0.1) is 26.2 Å².